The van der Waals surface area contributed by atoms with E-state index in [1.54, 1.807) is 5.38 Å². The molecule has 0 saturated heterocycles. The second-order valence-corrected chi connectivity index (χ2v) is 4.28. The van der Waals surface area contributed by atoms with E-state index in [4.69, 9.17) is 0 Å². The highest BCUT2D eigenvalue weighted by atomic mass is 32.1. The second kappa shape index (κ2) is 4.93. The first-order chi connectivity index (χ1) is 7.00. The van der Waals surface area contributed by atoms with E-state index >= 15 is 0 Å². The summed E-state index contributed by atoms with van der Waals surface area (Å²) in [6, 6.07) is 0. The Labute approximate surface area is 92.2 Å². The van der Waals surface area contributed by atoms with Crippen LogP contribution in [0.5, 0.6) is 0 Å². The van der Waals surface area contributed by atoms with Gasteiger partial charge in [-0.15, -0.1) is 0 Å². The summed E-state index contributed by atoms with van der Waals surface area (Å²) in [6.45, 7) is 7.86. The molecular formula is C10H14N2O2S. The van der Waals surface area contributed by atoms with Crippen molar-refractivity contribution in [2.24, 2.45) is 0 Å². The maximum Gasteiger partial charge on any atom is 0.307 e. The maximum atomic E-state index is 11.4. The van der Waals surface area contributed by atoms with Crippen LogP contribution >= 0.6 is 11.3 Å². The highest BCUT2D eigenvalue weighted by molar-refractivity contribution is 7.07. The van der Waals surface area contributed by atoms with Gasteiger partial charge >= 0.3 is 4.87 Å². The van der Waals surface area contributed by atoms with Gasteiger partial charge in [-0.05, 0) is 13.8 Å². The van der Waals surface area contributed by atoms with Gasteiger partial charge in [0, 0.05) is 17.6 Å². The largest absolute Gasteiger partial charge is 0.351 e. The molecule has 1 heterocycles. The summed E-state index contributed by atoms with van der Waals surface area (Å²) in [4.78, 5) is 22.6. The number of aryl methyl sites for hydroxylation is 1. The number of nitrogens with one attached hydrogen (secondary N) is 1. The van der Waals surface area contributed by atoms with Crippen molar-refractivity contribution in [1.82, 2.24) is 9.88 Å². The minimum absolute atomic E-state index is 0.0848. The number of hydrogen-bond acceptors (Lipinski definition) is 3. The summed E-state index contributed by atoms with van der Waals surface area (Å²) < 4.78 is 1.46. The van der Waals surface area contributed by atoms with Gasteiger partial charge in [0.1, 0.15) is 6.54 Å². The molecule has 1 amide bonds. The lowest BCUT2D eigenvalue weighted by atomic mass is 10.3. The molecule has 0 bridgehead atoms. The molecule has 15 heavy (non-hydrogen) atoms. The molecule has 0 saturated carbocycles. The number of carbonyl (C=O) groups is 1. The third kappa shape index (κ3) is 3.36. The number of nitrogens with zero attached hydrogens (tertiary/aromatic N) is 1. The van der Waals surface area contributed by atoms with Gasteiger partial charge in [0.15, 0.2) is 0 Å². The van der Waals surface area contributed by atoms with Gasteiger partial charge in [-0.3, -0.25) is 14.2 Å². The SMILES string of the molecule is C=C(C)CNC(=O)Cn1c(C)csc1=O. The van der Waals surface area contributed by atoms with E-state index in [2.05, 4.69) is 11.9 Å². The van der Waals surface area contributed by atoms with E-state index < -0.39 is 0 Å². The first-order valence-corrected chi connectivity index (χ1v) is 5.44. The Morgan fingerprint density at radius 2 is 2.33 bits per heavy atom. The minimum Gasteiger partial charge on any atom is -0.351 e. The molecule has 0 unspecified atom stereocenters. The molecular weight excluding hydrogens is 212 g/mol. The monoisotopic (exact) mass is 226 g/mol. The molecule has 0 aliphatic carbocycles. The second-order valence-electron chi connectivity index (χ2n) is 3.46. The molecule has 0 atom stereocenters. The van der Waals surface area contributed by atoms with Crippen molar-refractivity contribution in [3.63, 3.8) is 0 Å². The summed E-state index contributed by atoms with van der Waals surface area (Å²) >= 11 is 1.11. The molecule has 1 N–H and O–H groups in total. The summed E-state index contributed by atoms with van der Waals surface area (Å²) in [5, 5.41) is 4.43. The van der Waals surface area contributed by atoms with Gasteiger partial charge in [-0.25, -0.2) is 0 Å². The lowest BCUT2D eigenvalue weighted by Gasteiger charge is -2.06. The standard InChI is InChI=1S/C10H14N2O2S/c1-7(2)4-11-9(13)5-12-8(3)6-15-10(12)14/h6H,1,4-5H2,2-3H3,(H,11,13). The third-order valence-electron chi connectivity index (χ3n) is 1.87. The van der Waals surface area contributed by atoms with Crippen LogP contribution in [-0.2, 0) is 11.3 Å². The zero-order valence-electron chi connectivity index (χ0n) is 8.87. The van der Waals surface area contributed by atoms with E-state index in [1.165, 1.54) is 4.57 Å². The zero-order valence-corrected chi connectivity index (χ0v) is 9.69. The van der Waals surface area contributed by atoms with Gasteiger partial charge in [-0.2, -0.15) is 0 Å². The molecule has 4 nitrogen and oxygen atoms in total. The number of carbonyl (C=O) groups excluding carboxylic acids is 1. The Balaban J connectivity index is 2.59. The van der Waals surface area contributed by atoms with Gasteiger partial charge in [0.05, 0.1) is 0 Å². The number of rotatable bonds is 4. The number of amides is 1. The number of thiazole rings is 1. The van der Waals surface area contributed by atoms with Crippen LogP contribution in [0.3, 0.4) is 0 Å². The molecule has 5 heteroatoms. The van der Waals surface area contributed by atoms with E-state index in [9.17, 15) is 9.59 Å². The average molecular weight is 226 g/mol. The minimum atomic E-state index is -0.165. The van der Waals surface area contributed by atoms with Crippen LogP contribution in [0.2, 0.25) is 0 Å². The Bertz CT molecular complexity index is 431. The molecule has 0 spiro atoms. The summed E-state index contributed by atoms with van der Waals surface area (Å²) in [5.74, 6) is -0.165. The van der Waals surface area contributed by atoms with Crippen molar-refractivity contribution < 1.29 is 4.79 Å². The van der Waals surface area contributed by atoms with Crippen molar-refractivity contribution in [1.29, 1.82) is 0 Å². The Morgan fingerprint density at radius 3 is 2.80 bits per heavy atom. The molecule has 1 aromatic rings. The number of hydrogen-bond donors (Lipinski definition) is 1. The fourth-order valence-corrected chi connectivity index (χ4v) is 1.78. The van der Waals surface area contributed by atoms with Crippen LogP contribution in [0.25, 0.3) is 0 Å². The van der Waals surface area contributed by atoms with Crippen molar-refractivity contribution in [3.8, 4) is 0 Å². The van der Waals surface area contributed by atoms with E-state index in [0.717, 1.165) is 22.6 Å². The highest BCUT2D eigenvalue weighted by Crippen LogP contribution is 1.98. The Kier molecular flexibility index (Phi) is 3.85. The van der Waals surface area contributed by atoms with E-state index in [-0.39, 0.29) is 17.3 Å². The maximum absolute atomic E-state index is 11.4. The quantitative estimate of drug-likeness (QED) is 0.776. The molecule has 0 aromatic carbocycles. The van der Waals surface area contributed by atoms with Crippen molar-refractivity contribution in [2.75, 3.05) is 6.54 Å². The lowest BCUT2D eigenvalue weighted by molar-refractivity contribution is -0.121. The Morgan fingerprint density at radius 1 is 1.67 bits per heavy atom. The topological polar surface area (TPSA) is 51.1 Å². The smallest absolute Gasteiger partial charge is 0.307 e. The van der Waals surface area contributed by atoms with Crippen molar-refractivity contribution in [3.05, 3.63) is 32.9 Å². The average Bonchev–Trinajstić information content (AvgIpc) is 2.46. The molecule has 0 aliphatic rings. The van der Waals surface area contributed by atoms with Crippen LogP contribution < -0.4 is 10.2 Å². The van der Waals surface area contributed by atoms with E-state index in [1.807, 2.05) is 13.8 Å². The third-order valence-corrected chi connectivity index (χ3v) is 2.75. The van der Waals surface area contributed by atoms with Gasteiger partial charge < -0.3 is 5.32 Å². The molecule has 1 aromatic heterocycles. The highest BCUT2D eigenvalue weighted by Gasteiger charge is 2.07. The predicted octanol–water partition coefficient (Wildman–Crippen LogP) is 0.911. The van der Waals surface area contributed by atoms with Gasteiger partial charge in [-0.1, -0.05) is 23.5 Å². The molecule has 82 valence electrons. The fourth-order valence-electron chi connectivity index (χ4n) is 1.05. The van der Waals surface area contributed by atoms with Crippen LogP contribution in [0.4, 0.5) is 0 Å². The van der Waals surface area contributed by atoms with Crippen LogP contribution in [0.15, 0.2) is 22.3 Å². The lowest BCUT2D eigenvalue weighted by Crippen LogP contribution is -2.31. The zero-order chi connectivity index (χ0) is 11.4. The molecule has 0 radical (unpaired) electrons. The van der Waals surface area contributed by atoms with Crippen molar-refractivity contribution >= 4 is 17.2 Å². The first-order valence-electron chi connectivity index (χ1n) is 4.56. The van der Waals surface area contributed by atoms with Crippen LogP contribution in [-0.4, -0.2) is 17.0 Å². The summed E-state index contributed by atoms with van der Waals surface area (Å²) in [7, 11) is 0. The Hall–Kier alpha value is -1.36. The summed E-state index contributed by atoms with van der Waals surface area (Å²) in [6.07, 6.45) is 0. The van der Waals surface area contributed by atoms with Gasteiger partial charge in [0.2, 0.25) is 5.91 Å². The van der Waals surface area contributed by atoms with Gasteiger partial charge in [0.25, 0.3) is 0 Å². The molecule has 1 rings (SSSR count). The fraction of sp³-hybridized carbons (Fsp3) is 0.400. The van der Waals surface area contributed by atoms with E-state index in [0.29, 0.717) is 6.54 Å². The van der Waals surface area contributed by atoms with Crippen LogP contribution in [0, 0.1) is 6.92 Å². The van der Waals surface area contributed by atoms with Crippen molar-refractivity contribution in [2.45, 2.75) is 20.4 Å². The summed E-state index contributed by atoms with van der Waals surface area (Å²) in [5.41, 5.74) is 1.70. The normalized spacial score (nSPS) is 10.0. The molecule has 0 fully saturated rings. The number of aromatic nitrogens is 1. The van der Waals surface area contributed by atoms with Crippen LogP contribution in [0.1, 0.15) is 12.6 Å². The first kappa shape index (κ1) is 11.7. The predicted molar refractivity (Wildman–Crippen MR) is 61.1 cm³/mol. The molecule has 0 aliphatic heterocycles.